The van der Waals surface area contributed by atoms with Gasteiger partial charge in [-0.05, 0) is 35.7 Å². The van der Waals surface area contributed by atoms with Crippen LogP contribution in [0.4, 0.5) is 10.1 Å². The van der Waals surface area contributed by atoms with E-state index in [0.717, 1.165) is 22.2 Å². The summed E-state index contributed by atoms with van der Waals surface area (Å²) in [6.07, 6.45) is 4.93. The fourth-order valence-electron chi connectivity index (χ4n) is 3.83. The monoisotopic (exact) mass is 428 g/mol. The van der Waals surface area contributed by atoms with Crippen LogP contribution in [0.2, 0.25) is 0 Å². The van der Waals surface area contributed by atoms with E-state index in [1.54, 1.807) is 35.5 Å². The van der Waals surface area contributed by atoms with Crippen molar-refractivity contribution in [1.82, 2.24) is 14.3 Å². The molecule has 3 heterocycles. The Morgan fingerprint density at radius 3 is 2.81 bits per heavy atom. The van der Waals surface area contributed by atoms with Crippen LogP contribution in [0.5, 0.6) is 0 Å². The molecule has 5 rings (SSSR count). The number of rotatable bonds is 6. The number of amides is 1. The lowest BCUT2D eigenvalue weighted by molar-refractivity contribution is 0.101. The van der Waals surface area contributed by atoms with Crippen LogP contribution in [-0.4, -0.2) is 20.3 Å². The fourth-order valence-corrected chi connectivity index (χ4v) is 3.83. The summed E-state index contributed by atoms with van der Waals surface area (Å²) >= 11 is 0. The molecule has 32 heavy (non-hydrogen) atoms. The van der Waals surface area contributed by atoms with Gasteiger partial charge in [-0.15, -0.1) is 0 Å². The molecule has 0 atom stereocenters. The molecule has 0 aliphatic heterocycles. The SMILES string of the molecule is Cc1ccccc1Cn1c(C(=O)Nc2cnn(Cc3cccc(F)c3)c2)cc2occc21. The Hall–Kier alpha value is -4.13. The average Bonchev–Trinajstić information content (AvgIpc) is 3.47. The van der Waals surface area contributed by atoms with Crippen LogP contribution in [0.3, 0.4) is 0 Å². The molecule has 6 nitrogen and oxygen atoms in total. The number of furan rings is 1. The normalized spacial score (nSPS) is 11.2. The van der Waals surface area contributed by atoms with E-state index >= 15 is 0 Å². The maximum Gasteiger partial charge on any atom is 0.272 e. The minimum absolute atomic E-state index is 0.254. The molecule has 0 bridgehead atoms. The lowest BCUT2D eigenvalue weighted by Crippen LogP contribution is -2.17. The minimum atomic E-state index is -0.290. The molecule has 3 aromatic heterocycles. The lowest BCUT2D eigenvalue weighted by atomic mass is 10.1. The van der Waals surface area contributed by atoms with Gasteiger partial charge >= 0.3 is 0 Å². The first-order chi connectivity index (χ1) is 15.6. The highest BCUT2D eigenvalue weighted by atomic mass is 19.1. The van der Waals surface area contributed by atoms with Crippen molar-refractivity contribution in [1.29, 1.82) is 0 Å². The first-order valence-corrected chi connectivity index (χ1v) is 10.3. The van der Waals surface area contributed by atoms with Crippen molar-refractivity contribution in [3.63, 3.8) is 0 Å². The predicted octanol–water partition coefficient (Wildman–Crippen LogP) is 5.23. The van der Waals surface area contributed by atoms with E-state index in [-0.39, 0.29) is 11.7 Å². The average molecular weight is 428 g/mol. The number of benzene rings is 2. The van der Waals surface area contributed by atoms with Crippen LogP contribution in [-0.2, 0) is 13.1 Å². The molecule has 0 spiro atoms. The summed E-state index contributed by atoms with van der Waals surface area (Å²) in [5, 5.41) is 7.19. The zero-order valence-electron chi connectivity index (χ0n) is 17.5. The Balaban J connectivity index is 1.38. The second-order valence-corrected chi connectivity index (χ2v) is 7.72. The quantitative estimate of drug-likeness (QED) is 0.403. The predicted molar refractivity (Wildman–Crippen MR) is 120 cm³/mol. The molecule has 0 radical (unpaired) electrons. The van der Waals surface area contributed by atoms with Gasteiger partial charge in [-0.25, -0.2) is 4.39 Å². The summed E-state index contributed by atoms with van der Waals surface area (Å²) in [6, 6.07) is 18.1. The van der Waals surface area contributed by atoms with Gasteiger partial charge in [0.05, 0.1) is 30.2 Å². The van der Waals surface area contributed by atoms with E-state index in [1.807, 2.05) is 28.8 Å². The third kappa shape index (κ3) is 3.92. The topological polar surface area (TPSA) is 65.0 Å². The van der Waals surface area contributed by atoms with Crippen molar-refractivity contribution in [3.8, 4) is 0 Å². The third-order valence-corrected chi connectivity index (χ3v) is 5.47. The Bertz CT molecular complexity index is 1410. The zero-order chi connectivity index (χ0) is 22.1. The summed E-state index contributed by atoms with van der Waals surface area (Å²) < 4.78 is 22.6. The van der Waals surface area contributed by atoms with E-state index in [2.05, 4.69) is 29.5 Å². The second kappa shape index (κ2) is 8.19. The molecule has 1 N–H and O–H groups in total. The maximum atomic E-state index is 13.4. The number of hydrogen-bond acceptors (Lipinski definition) is 3. The van der Waals surface area contributed by atoms with E-state index in [0.29, 0.717) is 30.1 Å². The molecule has 0 aliphatic carbocycles. The van der Waals surface area contributed by atoms with Gasteiger partial charge in [0.25, 0.3) is 5.91 Å². The van der Waals surface area contributed by atoms with E-state index < -0.39 is 0 Å². The molecule has 0 unspecified atom stereocenters. The van der Waals surface area contributed by atoms with Crippen LogP contribution < -0.4 is 5.32 Å². The van der Waals surface area contributed by atoms with E-state index in [4.69, 9.17) is 4.42 Å². The van der Waals surface area contributed by atoms with E-state index in [9.17, 15) is 9.18 Å². The highest BCUT2D eigenvalue weighted by molar-refractivity contribution is 6.05. The Morgan fingerprint density at radius 2 is 1.97 bits per heavy atom. The molecule has 7 heteroatoms. The van der Waals surface area contributed by atoms with Gasteiger partial charge in [-0.1, -0.05) is 36.4 Å². The lowest BCUT2D eigenvalue weighted by Gasteiger charge is -2.12. The first-order valence-electron chi connectivity index (χ1n) is 10.3. The van der Waals surface area contributed by atoms with Gasteiger partial charge in [0.15, 0.2) is 5.58 Å². The van der Waals surface area contributed by atoms with Gasteiger partial charge in [-0.2, -0.15) is 5.10 Å². The molecular weight excluding hydrogens is 407 g/mol. The van der Waals surface area contributed by atoms with Crippen molar-refractivity contribution in [3.05, 3.63) is 108 Å². The van der Waals surface area contributed by atoms with Gasteiger partial charge in [0.2, 0.25) is 0 Å². The Morgan fingerprint density at radius 1 is 1.09 bits per heavy atom. The standard InChI is InChI=1S/C25H21FN4O2/c1-17-5-2-3-7-19(17)15-30-22-9-10-32-24(22)12-23(30)25(31)28-21-13-27-29(16-21)14-18-6-4-8-20(26)11-18/h2-13,16H,14-15H2,1H3,(H,28,31). The Kier molecular flexibility index (Phi) is 5.07. The van der Waals surface area contributed by atoms with Crippen LogP contribution in [0.15, 0.2) is 83.7 Å². The molecule has 0 saturated heterocycles. The third-order valence-electron chi connectivity index (χ3n) is 5.47. The van der Waals surface area contributed by atoms with Crippen LogP contribution in [0.25, 0.3) is 11.1 Å². The van der Waals surface area contributed by atoms with Crippen LogP contribution >= 0.6 is 0 Å². The fraction of sp³-hybridized carbons (Fsp3) is 0.120. The molecule has 0 aliphatic rings. The van der Waals surface area contributed by atoms with Crippen LogP contribution in [0.1, 0.15) is 27.2 Å². The highest BCUT2D eigenvalue weighted by Crippen LogP contribution is 2.24. The number of nitrogens with one attached hydrogen (secondary N) is 1. The van der Waals surface area contributed by atoms with Gasteiger partial charge < -0.3 is 14.3 Å². The maximum absolute atomic E-state index is 13.4. The first kappa shape index (κ1) is 19.8. The van der Waals surface area contributed by atoms with Gasteiger partial charge in [0.1, 0.15) is 11.5 Å². The number of halogens is 1. The van der Waals surface area contributed by atoms with Crippen molar-refractivity contribution in [2.45, 2.75) is 20.0 Å². The number of carbonyl (C=O) groups is 1. The number of aromatic nitrogens is 3. The molecule has 0 fully saturated rings. The van der Waals surface area contributed by atoms with Crippen molar-refractivity contribution < 1.29 is 13.6 Å². The number of hydrogen-bond donors (Lipinski definition) is 1. The highest BCUT2D eigenvalue weighted by Gasteiger charge is 2.19. The molecule has 2 aromatic carbocycles. The summed E-state index contributed by atoms with van der Waals surface area (Å²) in [5.74, 6) is -0.544. The zero-order valence-corrected chi connectivity index (χ0v) is 17.5. The molecular formula is C25H21FN4O2. The van der Waals surface area contributed by atoms with Crippen molar-refractivity contribution in [2.75, 3.05) is 5.32 Å². The van der Waals surface area contributed by atoms with Gasteiger partial charge in [-0.3, -0.25) is 9.48 Å². The molecule has 5 aromatic rings. The van der Waals surface area contributed by atoms with E-state index in [1.165, 1.54) is 12.1 Å². The van der Waals surface area contributed by atoms with Crippen LogP contribution in [0, 0.1) is 12.7 Å². The summed E-state index contributed by atoms with van der Waals surface area (Å²) in [6.45, 7) is 3.01. The van der Waals surface area contributed by atoms with Gasteiger partial charge in [0, 0.05) is 24.9 Å². The molecule has 0 saturated carbocycles. The summed E-state index contributed by atoms with van der Waals surface area (Å²) in [4.78, 5) is 13.1. The largest absolute Gasteiger partial charge is 0.463 e. The number of fused-ring (bicyclic) bond motifs is 1. The second-order valence-electron chi connectivity index (χ2n) is 7.72. The summed E-state index contributed by atoms with van der Waals surface area (Å²) in [5.41, 5.74) is 5.65. The van der Waals surface area contributed by atoms with Crippen molar-refractivity contribution in [2.24, 2.45) is 0 Å². The molecule has 1 amide bonds. The summed E-state index contributed by atoms with van der Waals surface area (Å²) in [7, 11) is 0. The number of nitrogens with zero attached hydrogens (tertiary/aromatic N) is 3. The number of aryl methyl sites for hydroxylation is 1. The number of anilines is 1. The number of carbonyl (C=O) groups excluding carboxylic acids is 1. The Labute approximate surface area is 183 Å². The van der Waals surface area contributed by atoms with Crippen molar-refractivity contribution >= 4 is 22.7 Å². The minimum Gasteiger partial charge on any atom is -0.463 e. The smallest absolute Gasteiger partial charge is 0.272 e. The molecule has 160 valence electrons.